The van der Waals surface area contributed by atoms with E-state index in [0.29, 0.717) is 0 Å². The molecular formula is C11H12ClN3. The molecule has 0 unspecified atom stereocenters. The predicted molar refractivity (Wildman–Crippen MR) is 64.3 cm³/mol. The molecule has 0 atom stereocenters. The number of pyridine rings is 1. The fourth-order valence-corrected chi connectivity index (χ4v) is 1.22. The summed E-state index contributed by atoms with van der Waals surface area (Å²) in [4.78, 5) is 4.16. The van der Waals surface area contributed by atoms with E-state index in [2.05, 4.69) is 4.98 Å². The van der Waals surface area contributed by atoms with Crippen molar-refractivity contribution in [3.63, 3.8) is 0 Å². The van der Waals surface area contributed by atoms with E-state index < -0.39 is 0 Å². The molecule has 78 valence electrons. The second kappa shape index (κ2) is 5.34. The fraction of sp³-hybridized carbons (Fsp3) is 0. The van der Waals surface area contributed by atoms with Crippen LogP contribution >= 0.6 is 12.4 Å². The van der Waals surface area contributed by atoms with Gasteiger partial charge in [-0.15, -0.1) is 12.4 Å². The summed E-state index contributed by atoms with van der Waals surface area (Å²) in [5.74, 6) is 6.62. The van der Waals surface area contributed by atoms with Gasteiger partial charge in [-0.05, 0) is 24.3 Å². The van der Waals surface area contributed by atoms with Crippen LogP contribution in [-0.2, 0) is 0 Å². The average molecular weight is 222 g/mol. The molecule has 2 aromatic rings. The zero-order chi connectivity index (χ0) is 9.80. The van der Waals surface area contributed by atoms with E-state index in [0.717, 1.165) is 11.5 Å². The first-order valence-corrected chi connectivity index (χ1v) is 4.39. The first kappa shape index (κ1) is 11.5. The number of rotatable bonds is 2. The molecule has 0 spiro atoms. The minimum atomic E-state index is 0. The van der Waals surface area contributed by atoms with Gasteiger partial charge in [-0.3, -0.25) is 5.01 Å². The van der Waals surface area contributed by atoms with Crippen LogP contribution in [-0.4, -0.2) is 4.98 Å². The van der Waals surface area contributed by atoms with Crippen LogP contribution < -0.4 is 10.9 Å². The maximum atomic E-state index is 5.89. The van der Waals surface area contributed by atoms with Crippen LogP contribution in [0.2, 0.25) is 0 Å². The van der Waals surface area contributed by atoms with Crippen molar-refractivity contribution in [3.8, 4) is 0 Å². The van der Waals surface area contributed by atoms with Crippen molar-refractivity contribution in [1.82, 2.24) is 4.98 Å². The van der Waals surface area contributed by atoms with E-state index >= 15 is 0 Å². The molecule has 1 aromatic heterocycles. The molecule has 1 heterocycles. The number of hydrazine groups is 1. The minimum Gasteiger partial charge on any atom is -0.262 e. The summed E-state index contributed by atoms with van der Waals surface area (Å²) < 4.78 is 0. The molecule has 2 N–H and O–H groups in total. The Kier molecular flexibility index (Phi) is 4.09. The molecule has 0 aliphatic heterocycles. The highest BCUT2D eigenvalue weighted by Gasteiger charge is 2.02. The maximum absolute atomic E-state index is 5.89. The molecule has 0 saturated carbocycles. The fourth-order valence-electron chi connectivity index (χ4n) is 1.22. The SMILES string of the molecule is Cl.NN(c1ccccc1)c1ccccn1. The van der Waals surface area contributed by atoms with Gasteiger partial charge in [0.05, 0.1) is 5.69 Å². The molecule has 4 heteroatoms. The summed E-state index contributed by atoms with van der Waals surface area (Å²) in [7, 11) is 0. The van der Waals surface area contributed by atoms with E-state index in [-0.39, 0.29) is 12.4 Å². The molecule has 0 amide bonds. The van der Waals surface area contributed by atoms with Crippen LogP contribution in [0.3, 0.4) is 0 Å². The lowest BCUT2D eigenvalue weighted by molar-refractivity contribution is 1.04. The van der Waals surface area contributed by atoms with E-state index in [1.807, 2.05) is 48.5 Å². The van der Waals surface area contributed by atoms with Gasteiger partial charge in [0.15, 0.2) is 0 Å². The number of halogens is 1. The number of nitrogens with zero attached hydrogens (tertiary/aromatic N) is 2. The maximum Gasteiger partial charge on any atom is 0.147 e. The van der Waals surface area contributed by atoms with Crippen LogP contribution in [0.1, 0.15) is 0 Å². The largest absolute Gasteiger partial charge is 0.262 e. The van der Waals surface area contributed by atoms with Gasteiger partial charge in [-0.25, -0.2) is 10.8 Å². The molecule has 0 aliphatic carbocycles. The lowest BCUT2D eigenvalue weighted by Crippen LogP contribution is -2.25. The molecule has 15 heavy (non-hydrogen) atoms. The summed E-state index contributed by atoms with van der Waals surface area (Å²) in [5.41, 5.74) is 0.922. The smallest absolute Gasteiger partial charge is 0.147 e. The van der Waals surface area contributed by atoms with Crippen molar-refractivity contribution >= 4 is 23.9 Å². The van der Waals surface area contributed by atoms with Crippen molar-refractivity contribution in [1.29, 1.82) is 0 Å². The molecule has 3 nitrogen and oxygen atoms in total. The standard InChI is InChI=1S/C11H11N3.ClH/c12-14(10-6-2-1-3-7-10)11-8-4-5-9-13-11;/h1-9H,12H2;1H. The highest BCUT2D eigenvalue weighted by Crippen LogP contribution is 2.17. The second-order valence-electron chi connectivity index (χ2n) is 2.89. The van der Waals surface area contributed by atoms with Crippen molar-refractivity contribution in [2.75, 3.05) is 5.01 Å². The minimum absolute atomic E-state index is 0. The lowest BCUT2D eigenvalue weighted by Gasteiger charge is -2.16. The zero-order valence-electron chi connectivity index (χ0n) is 8.08. The Hall–Kier alpha value is -1.58. The number of para-hydroxylation sites is 1. The second-order valence-corrected chi connectivity index (χ2v) is 2.89. The topological polar surface area (TPSA) is 42.1 Å². The van der Waals surface area contributed by atoms with Gasteiger partial charge < -0.3 is 0 Å². The van der Waals surface area contributed by atoms with Crippen LogP contribution in [0.4, 0.5) is 11.5 Å². The van der Waals surface area contributed by atoms with Crippen LogP contribution in [0, 0.1) is 0 Å². The van der Waals surface area contributed by atoms with Gasteiger partial charge in [-0.2, -0.15) is 0 Å². The monoisotopic (exact) mass is 221 g/mol. The highest BCUT2D eigenvalue weighted by atomic mass is 35.5. The predicted octanol–water partition coefficient (Wildman–Crippen LogP) is 2.52. The third kappa shape index (κ3) is 2.68. The third-order valence-electron chi connectivity index (χ3n) is 1.93. The first-order chi connectivity index (χ1) is 6.88. The van der Waals surface area contributed by atoms with Crippen molar-refractivity contribution in [3.05, 3.63) is 54.7 Å². The Labute approximate surface area is 94.9 Å². The Bertz CT molecular complexity index is 352. The Morgan fingerprint density at radius 1 is 0.933 bits per heavy atom. The summed E-state index contributed by atoms with van der Waals surface area (Å²) in [6.07, 6.45) is 1.72. The molecule has 1 aromatic carbocycles. The summed E-state index contributed by atoms with van der Waals surface area (Å²) in [6.45, 7) is 0. The van der Waals surface area contributed by atoms with Gasteiger partial charge in [0.25, 0.3) is 0 Å². The first-order valence-electron chi connectivity index (χ1n) is 4.39. The summed E-state index contributed by atoms with van der Waals surface area (Å²) >= 11 is 0. The van der Waals surface area contributed by atoms with Gasteiger partial charge in [0.1, 0.15) is 5.82 Å². The normalized spacial score (nSPS) is 9.13. The number of anilines is 2. The number of nitrogens with two attached hydrogens (primary N) is 1. The summed E-state index contributed by atoms with van der Waals surface area (Å²) in [5, 5.41) is 1.56. The lowest BCUT2D eigenvalue weighted by atomic mass is 10.3. The molecule has 2 rings (SSSR count). The third-order valence-corrected chi connectivity index (χ3v) is 1.93. The molecule has 0 aliphatic rings. The number of hydrogen-bond acceptors (Lipinski definition) is 3. The number of hydrogen-bond donors (Lipinski definition) is 1. The van der Waals surface area contributed by atoms with Gasteiger partial charge in [0, 0.05) is 6.20 Å². The van der Waals surface area contributed by atoms with Crippen LogP contribution in [0.15, 0.2) is 54.7 Å². The highest BCUT2D eigenvalue weighted by molar-refractivity contribution is 5.85. The van der Waals surface area contributed by atoms with Crippen LogP contribution in [0.25, 0.3) is 0 Å². The van der Waals surface area contributed by atoms with E-state index in [1.54, 1.807) is 11.2 Å². The molecule has 0 bridgehead atoms. The van der Waals surface area contributed by atoms with Crippen molar-refractivity contribution in [2.45, 2.75) is 0 Å². The van der Waals surface area contributed by atoms with Crippen LogP contribution in [0.5, 0.6) is 0 Å². The van der Waals surface area contributed by atoms with Gasteiger partial charge >= 0.3 is 0 Å². The molecule has 0 saturated heterocycles. The summed E-state index contributed by atoms with van der Waals surface area (Å²) in [6, 6.07) is 15.4. The Morgan fingerprint density at radius 3 is 2.20 bits per heavy atom. The van der Waals surface area contributed by atoms with Gasteiger partial charge in [0.2, 0.25) is 0 Å². The molecular weight excluding hydrogens is 210 g/mol. The van der Waals surface area contributed by atoms with E-state index in [4.69, 9.17) is 5.84 Å². The molecule has 0 radical (unpaired) electrons. The Morgan fingerprint density at radius 2 is 1.60 bits per heavy atom. The van der Waals surface area contributed by atoms with Crippen molar-refractivity contribution in [2.24, 2.45) is 5.84 Å². The number of aromatic nitrogens is 1. The van der Waals surface area contributed by atoms with E-state index in [1.165, 1.54) is 0 Å². The Balaban J connectivity index is 0.00000112. The average Bonchev–Trinajstić information content (AvgIpc) is 2.30. The number of benzene rings is 1. The zero-order valence-corrected chi connectivity index (χ0v) is 8.89. The van der Waals surface area contributed by atoms with Crippen molar-refractivity contribution < 1.29 is 0 Å². The quantitative estimate of drug-likeness (QED) is 0.626. The van der Waals surface area contributed by atoms with E-state index in [9.17, 15) is 0 Å². The van der Waals surface area contributed by atoms with Gasteiger partial charge in [-0.1, -0.05) is 24.3 Å². The molecule has 0 fully saturated rings.